The molecule has 2 aromatic heterocycles. The smallest absolute Gasteiger partial charge is 0.226 e. The number of hydrogen-bond acceptors (Lipinski definition) is 7. The molecule has 23 heavy (non-hydrogen) atoms. The molecule has 0 amide bonds. The van der Waals surface area contributed by atoms with Crippen LogP contribution >= 0.6 is 0 Å². The SMILES string of the molecule is CCc1nc(CN2CCCN(Cc3nc(C)c(C)o3)CC2)no1. The molecule has 0 spiro atoms. The van der Waals surface area contributed by atoms with E-state index in [1.807, 2.05) is 20.8 Å². The van der Waals surface area contributed by atoms with Crippen LogP contribution in [0.3, 0.4) is 0 Å². The van der Waals surface area contributed by atoms with Crippen molar-refractivity contribution in [3.05, 3.63) is 29.1 Å². The topological polar surface area (TPSA) is 71.4 Å². The molecular formula is C16H25N5O2. The van der Waals surface area contributed by atoms with Gasteiger partial charge in [0.25, 0.3) is 0 Å². The van der Waals surface area contributed by atoms with E-state index in [1.165, 1.54) is 0 Å². The zero-order chi connectivity index (χ0) is 16.2. The lowest BCUT2D eigenvalue weighted by molar-refractivity contribution is 0.226. The van der Waals surface area contributed by atoms with Crippen LogP contribution in [0.2, 0.25) is 0 Å². The summed E-state index contributed by atoms with van der Waals surface area (Å²) in [5.41, 5.74) is 0.986. The van der Waals surface area contributed by atoms with E-state index < -0.39 is 0 Å². The summed E-state index contributed by atoms with van der Waals surface area (Å²) in [6.07, 6.45) is 1.91. The molecule has 2 aromatic rings. The van der Waals surface area contributed by atoms with Gasteiger partial charge in [0, 0.05) is 19.5 Å². The number of aryl methyl sites for hydroxylation is 3. The molecule has 0 saturated carbocycles. The quantitative estimate of drug-likeness (QED) is 0.834. The van der Waals surface area contributed by atoms with E-state index in [4.69, 9.17) is 8.94 Å². The molecule has 7 nitrogen and oxygen atoms in total. The Bertz CT molecular complexity index is 617. The van der Waals surface area contributed by atoms with Crippen molar-refractivity contribution in [1.29, 1.82) is 0 Å². The molecule has 0 radical (unpaired) electrons. The predicted octanol–water partition coefficient (Wildman–Crippen LogP) is 1.94. The molecule has 1 aliphatic heterocycles. The summed E-state index contributed by atoms with van der Waals surface area (Å²) < 4.78 is 10.9. The van der Waals surface area contributed by atoms with E-state index in [0.29, 0.717) is 5.89 Å². The molecule has 0 unspecified atom stereocenters. The highest BCUT2D eigenvalue weighted by molar-refractivity contribution is 5.05. The van der Waals surface area contributed by atoms with Gasteiger partial charge in [-0.2, -0.15) is 4.98 Å². The van der Waals surface area contributed by atoms with Gasteiger partial charge in [-0.3, -0.25) is 9.80 Å². The van der Waals surface area contributed by atoms with Crippen molar-refractivity contribution in [3.63, 3.8) is 0 Å². The average molecular weight is 319 g/mol. The van der Waals surface area contributed by atoms with Crippen LogP contribution in [-0.2, 0) is 19.5 Å². The van der Waals surface area contributed by atoms with Gasteiger partial charge < -0.3 is 8.94 Å². The summed E-state index contributed by atoms with van der Waals surface area (Å²) in [5, 5.41) is 4.04. The van der Waals surface area contributed by atoms with Crippen LogP contribution in [0.1, 0.15) is 42.4 Å². The van der Waals surface area contributed by atoms with Crippen LogP contribution in [0, 0.1) is 13.8 Å². The maximum atomic E-state index is 5.70. The van der Waals surface area contributed by atoms with Crippen molar-refractivity contribution in [2.75, 3.05) is 26.2 Å². The molecule has 3 rings (SSSR count). The largest absolute Gasteiger partial charge is 0.444 e. The molecule has 0 aliphatic carbocycles. The lowest BCUT2D eigenvalue weighted by Crippen LogP contribution is -2.30. The highest BCUT2D eigenvalue weighted by atomic mass is 16.5. The van der Waals surface area contributed by atoms with E-state index in [2.05, 4.69) is 24.9 Å². The van der Waals surface area contributed by atoms with E-state index in [1.54, 1.807) is 0 Å². The summed E-state index contributed by atoms with van der Waals surface area (Å²) in [7, 11) is 0. The molecule has 126 valence electrons. The summed E-state index contributed by atoms with van der Waals surface area (Å²) in [6.45, 7) is 11.6. The lowest BCUT2D eigenvalue weighted by atomic mass is 10.3. The Kier molecular flexibility index (Phi) is 5.07. The van der Waals surface area contributed by atoms with E-state index >= 15 is 0 Å². The number of aromatic nitrogens is 3. The normalized spacial score (nSPS) is 17.5. The van der Waals surface area contributed by atoms with Gasteiger partial charge in [0.05, 0.1) is 18.8 Å². The lowest BCUT2D eigenvalue weighted by Gasteiger charge is -2.19. The number of nitrogens with zero attached hydrogens (tertiary/aromatic N) is 5. The number of rotatable bonds is 5. The Morgan fingerprint density at radius 1 is 0.957 bits per heavy atom. The molecular weight excluding hydrogens is 294 g/mol. The molecule has 1 fully saturated rings. The Labute approximate surface area is 136 Å². The molecule has 7 heteroatoms. The van der Waals surface area contributed by atoms with Gasteiger partial charge in [0.1, 0.15) is 5.76 Å². The first-order chi connectivity index (χ1) is 11.1. The van der Waals surface area contributed by atoms with Gasteiger partial charge in [-0.15, -0.1) is 0 Å². The second-order valence-electron chi connectivity index (χ2n) is 6.11. The summed E-state index contributed by atoms with van der Waals surface area (Å²) >= 11 is 0. The number of hydrogen-bond donors (Lipinski definition) is 0. The van der Waals surface area contributed by atoms with Gasteiger partial charge in [-0.25, -0.2) is 4.98 Å². The molecule has 0 atom stereocenters. The van der Waals surface area contributed by atoms with Crippen LogP contribution in [0.5, 0.6) is 0 Å². The van der Waals surface area contributed by atoms with Gasteiger partial charge in [0.15, 0.2) is 5.82 Å². The Morgan fingerprint density at radius 3 is 2.30 bits per heavy atom. The standard InChI is InChI=1S/C16H25N5O2/c1-4-15-18-14(19-23-15)10-20-6-5-7-21(9-8-20)11-16-17-12(2)13(3)22-16/h4-11H2,1-3H3. The summed E-state index contributed by atoms with van der Waals surface area (Å²) in [4.78, 5) is 13.7. The Hall–Kier alpha value is -1.73. The molecule has 3 heterocycles. The fourth-order valence-corrected chi connectivity index (χ4v) is 2.84. The van der Waals surface area contributed by atoms with E-state index in [9.17, 15) is 0 Å². The molecule has 1 aliphatic rings. The summed E-state index contributed by atoms with van der Waals surface area (Å²) in [5.74, 6) is 3.24. The third kappa shape index (κ3) is 4.17. The van der Waals surface area contributed by atoms with Crippen LogP contribution in [0.15, 0.2) is 8.94 Å². The van der Waals surface area contributed by atoms with Crippen molar-refractivity contribution >= 4 is 0 Å². The van der Waals surface area contributed by atoms with E-state index in [-0.39, 0.29) is 0 Å². The first-order valence-electron chi connectivity index (χ1n) is 8.33. The van der Waals surface area contributed by atoms with Crippen molar-refractivity contribution < 1.29 is 8.94 Å². The van der Waals surface area contributed by atoms with Crippen LogP contribution in [0.4, 0.5) is 0 Å². The fraction of sp³-hybridized carbons (Fsp3) is 0.688. The molecule has 0 aromatic carbocycles. The van der Waals surface area contributed by atoms with Crippen molar-refractivity contribution in [2.45, 2.75) is 46.7 Å². The van der Waals surface area contributed by atoms with Gasteiger partial charge in [-0.1, -0.05) is 12.1 Å². The first-order valence-corrected chi connectivity index (χ1v) is 8.33. The van der Waals surface area contributed by atoms with E-state index in [0.717, 1.165) is 75.3 Å². The minimum atomic E-state index is 0.714. The third-order valence-electron chi connectivity index (χ3n) is 4.29. The first kappa shape index (κ1) is 16.1. The Balaban J connectivity index is 1.52. The molecule has 0 bridgehead atoms. The molecule has 0 N–H and O–H groups in total. The minimum absolute atomic E-state index is 0.714. The maximum absolute atomic E-state index is 5.70. The zero-order valence-electron chi connectivity index (χ0n) is 14.2. The van der Waals surface area contributed by atoms with Gasteiger partial charge in [-0.05, 0) is 33.4 Å². The Morgan fingerprint density at radius 2 is 1.70 bits per heavy atom. The van der Waals surface area contributed by atoms with Crippen molar-refractivity contribution in [2.24, 2.45) is 0 Å². The number of oxazole rings is 1. The van der Waals surface area contributed by atoms with Crippen molar-refractivity contribution in [3.8, 4) is 0 Å². The fourth-order valence-electron chi connectivity index (χ4n) is 2.84. The second kappa shape index (κ2) is 7.23. The third-order valence-corrected chi connectivity index (χ3v) is 4.29. The molecule has 1 saturated heterocycles. The van der Waals surface area contributed by atoms with Crippen LogP contribution in [0.25, 0.3) is 0 Å². The van der Waals surface area contributed by atoms with Crippen molar-refractivity contribution in [1.82, 2.24) is 24.9 Å². The second-order valence-corrected chi connectivity index (χ2v) is 6.11. The van der Waals surface area contributed by atoms with Gasteiger partial charge >= 0.3 is 0 Å². The monoisotopic (exact) mass is 319 g/mol. The highest BCUT2D eigenvalue weighted by Gasteiger charge is 2.18. The van der Waals surface area contributed by atoms with Gasteiger partial charge in [0.2, 0.25) is 11.8 Å². The highest BCUT2D eigenvalue weighted by Crippen LogP contribution is 2.13. The zero-order valence-corrected chi connectivity index (χ0v) is 14.2. The maximum Gasteiger partial charge on any atom is 0.226 e. The van der Waals surface area contributed by atoms with Crippen LogP contribution in [-0.4, -0.2) is 51.1 Å². The summed E-state index contributed by atoms with van der Waals surface area (Å²) in [6, 6.07) is 0. The average Bonchev–Trinajstić information content (AvgIpc) is 3.03. The predicted molar refractivity (Wildman–Crippen MR) is 84.8 cm³/mol. The van der Waals surface area contributed by atoms with Crippen LogP contribution < -0.4 is 0 Å². The minimum Gasteiger partial charge on any atom is -0.444 e.